The highest BCUT2D eigenvalue weighted by molar-refractivity contribution is 7.99. The first kappa shape index (κ1) is 18.7. The first-order valence-electron chi connectivity index (χ1n) is 8.43. The molecule has 0 bridgehead atoms. The van der Waals surface area contributed by atoms with Crippen LogP contribution in [-0.2, 0) is 16.1 Å². The van der Waals surface area contributed by atoms with E-state index in [0.717, 1.165) is 16.2 Å². The van der Waals surface area contributed by atoms with Gasteiger partial charge in [0.25, 0.3) is 0 Å². The Morgan fingerprint density at radius 1 is 1.15 bits per heavy atom. The number of aromatic nitrogens is 2. The summed E-state index contributed by atoms with van der Waals surface area (Å²) in [5.41, 5.74) is 3.18. The Hall–Kier alpha value is -3.06. The lowest BCUT2D eigenvalue weighted by molar-refractivity contribution is -0.114. The molecule has 0 saturated heterocycles. The fourth-order valence-corrected chi connectivity index (χ4v) is 3.50. The smallest absolute Gasteiger partial charge is 0.234 e. The van der Waals surface area contributed by atoms with Crippen molar-refractivity contribution < 1.29 is 9.59 Å². The Morgan fingerprint density at radius 3 is 2.63 bits per heavy atom. The Labute approximate surface area is 161 Å². The number of imidazole rings is 1. The summed E-state index contributed by atoms with van der Waals surface area (Å²) < 4.78 is 2.04. The molecule has 138 valence electrons. The SMILES string of the molecule is C=CCn1c(SCC(=O)Nc2cccc(NC(C)=O)c2)nc2ccccc21. The van der Waals surface area contributed by atoms with Crippen LogP contribution in [0.15, 0.2) is 66.3 Å². The summed E-state index contributed by atoms with van der Waals surface area (Å²) in [5.74, 6) is -0.0717. The molecule has 0 saturated carbocycles. The fraction of sp³-hybridized carbons (Fsp3) is 0.150. The van der Waals surface area contributed by atoms with Crippen LogP contribution < -0.4 is 10.6 Å². The number of carbonyl (C=O) groups is 2. The Morgan fingerprint density at radius 2 is 1.89 bits per heavy atom. The Balaban J connectivity index is 1.67. The van der Waals surface area contributed by atoms with Crippen LogP contribution in [0.1, 0.15) is 6.92 Å². The molecule has 0 atom stereocenters. The van der Waals surface area contributed by atoms with E-state index in [4.69, 9.17) is 0 Å². The lowest BCUT2D eigenvalue weighted by Crippen LogP contribution is -2.15. The number of allylic oxidation sites excluding steroid dienone is 1. The molecule has 2 amide bonds. The van der Waals surface area contributed by atoms with Gasteiger partial charge >= 0.3 is 0 Å². The zero-order chi connectivity index (χ0) is 19.2. The second-order valence-corrected chi connectivity index (χ2v) is 6.82. The van der Waals surface area contributed by atoms with Crippen molar-refractivity contribution in [3.8, 4) is 0 Å². The average molecular weight is 380 g/mol. The van der Waals surface area contributed by atoms with Crippen LogP contribution in [0.2, 0.25) is 0 Å². The molecule has 3 rings (SSSR count). The maximum atomic E-state index is 12.3. The lowest BCUT2D eigenvalue weighted by atomic mass is 10.2. The third-order valence-electron chi connectivity index (χ3n) is 3.73. The van der Waals surface area contributed by atoms with Crippen LogP contribution in [0.4, 0.5) is 11.4 Å². The fourth-order valence-electron chi connectivity index (χ4n) is 2.67. The van der Waals surface area contributed by atoms with E-state index in [0.29, 0.717) is 17.9 Å². The van der Waals surface area contributed by atoms with E-state index in [1.54, 1.807) is 24.3 Å². The third kappa shape index (κ3) is 4.77. The van der Waals surface area contributed by atoms with E-state index >= 15 is 0 Å². The minimum atomic E-state index is -0.157. The van der Waals surface area contributed by atoms with Crippen molar-refractivity contribution in [3.05, 3.63) is 61.2 Å². The van der Waals surface area contributed by atoms with E-state index in [-0.39, 0.29) is 17.6 Å². The van der Waals surface area contributed by atoms with Crippen LogP contribution in [-0.4, -0.2) is 27.1 Å². The molecule has 7 heteroatoms. The number of hydrogen-bond acceptors (Lipinski definition) is 4. The van der Waals surface area contributed by atoms with E-state index in [9.17, 15) is 9.59 Å². The highest BCUT2D eigenvalue weighted by Crippen LogP contribution is 2.24. The first-order valence-corrected chi connectivity index (χ1v) is 9.42. The van der Waals surface area contributed by atoms with Gasteiger partial charge in [-0.05, 0) is 30.3 Å². The van der Waals surface area contributed by atoms with Gasteiger partial charge in [-0.1, -0.05) is 36.0 Å². The normalized spacial score (nSPS) is 10.6. The summed E-state index contributed by atoms with van der Waals surface area (Å²) in [6, 6.07) is 14.9. The highest BCUT2D eigenvalue weighted by Gasteiger charge is 2.12. The average Bonchev–Trinajstić information content (AvgIpc) is 2.98. The number of rotatable bonds is 7. The quantitative estimate of drug-likeness (QED) is 0.481. The van der Waals surface area contributed by atoms with Gasteiger partial charge in [0.05, 0.1) is 16.8 Å². The largest absolute Gasteiger partial charge is 0.326 e. The minimum absolute atomic E-state index is 0.141. The predicted octanol–water partition coefficient (Wildman–Crippen LogP) is 3.91. The van der Waals surface area contributed by atoms with E-state index in [2.05, 4.69) is 22.2 Å². The topological polar surface area (TPSA) is 76.0 Å². The molecule has 0 fully saturated rings. The number of benzene rings is 2. The van der Waals surface area contributed by atoms with E-state index < -0.39 is 0 Å². The van der Waals surface area contributed by atoms with Gasteiger partial charge in [-0.25, -0.2) is 4.98 Å². The van der Waals surface area contributed by atoms with Crippen LogP contribution in [0.5, 0.6) is 0 Å². The van der Waals surface area contributed by atoms with Gasteiger partial charge in [-0.2, -0.15) is 0 Å². The first-order chi connectivity index (χ1) is 13.1. The van der Waals surface area contributed by atoms with Gasteiger partial charge in [0.2, 0.25) is 11.8 Å². The van der Waals surface area contributed by atoms with Crippen molar-refractivity contribution in [1.29, 1.82) is 0 Å². The van der Waals surface area contributed by atoms with Crippen molar-refractivity contribution in [2.24, 2.45) is 0 Å². The van der Waals surface area contributed by atoms with Gasteiger partial charge in [0.15, 0.2) is 5.16 Å². The van der Waals surface area contributed by atoms with Crippen molar-refractivity contribution in [1.82, 2.24) is 9.55 Å². The molecule has 0 radical (unpaired) electrons. The zero-order valence-electron chi connectivity index (χ0n) is 14.9. The maximum absolute atomic E-state index is 12.3. The summed E-state index contributed by atoms with van der Waals surface area (Å²) in [7, 11) is 0. The number of nitrogens with zero attached hydrogens (tertiary/aromatic N) is 2. The number of hydrogen-bond donors (Lipinski definition) is 2. The summed E-state index contributed by atoms with van der Waals surface area (Å²) in [4.78, 5) is 28.1. The lowest BCUT2D eigenvalue weighted by Gasteiger charge is -2.08. The second kappa shape index (κ2) is 8.55. The third-order valence-corrected chi connectivity index (χ3v) is 4.71. The van der Waals surface area contributed by atoms with Crippen molar-refractivity contribution >= 4 is 46.0 Å². The van der Waals surface area contributed by atoms with Gasteiger partial charge < -0.3 is 15.2 Å². The van der Waals surface area contributed by atoms with Crippen LogP contribution >= 0.6 is 11.8 Å². The number of para-hydroxylation sites is 2. The number of amides is 2. The molecule has 1 aromatic heterocycles. The predicted molar refractivity (Wildman–Crippen MR) is 110 cm³/mol. The second-order valence-electron chi connectivity index (χ2n) is 5.88. The number of nitrogens with one attached hydrogen (secondary N) is 2. The van der Waals surface area contributed by atoms with Gasteiger partial charge in [0, 0.05) is 24.8 Å². The van der Waals surface area contributed by atoms with Crippen LogP contribution in [0.25, 0.3) is 11.0 Å². The van der Waals surface area contributed by atoms with Gasteiger partial charge in [0.1, 0.15) is 0 Å². The van der Waals surface area contributed by atoms with E-state index in [1.807, 2.05) is 34.9 Å². The summed E-state index contributed by atoms with van der Waals surface area (Å²) in [6.45, 7) is 5.87. The van der Waals surface area contributed by atoms with Gasteiger partial charge in [-0.3, -0.25) is 9.59 Å². The molecule has 0 spiro atoms. The highest BCUT2D eigenvalue weighted by atomic mass is 32.2. The molecule has 27 heavy (non-hydrogen) atoms. The zero-order valence-corrected chi connectivity index (χ0v) is 15.8. The summed E-state index contributed by atoms with van der Waals surface area (Å²) >= 11 is 1.38. The number of carbonyl (C=O) groups excluding carboxylic acids is 2. The molecule has 3 aromatic rings. The molecule has 0 unspecified atom stereocenters. The molecular weight excluding hydrogens is 360 g/mol. The van der Waals surface area contributed by atoms with Crippen LogP contribution in [0.3, 0.4) is 0 Å². The molecular formula is C20H20N4O2S. The minimum Gasteiger partial charge on any atom is -0.326 e. The number of anilines is 2. The Bertz CT molecular complexity index is 997. The monoisotopic (exact) mass is 380 g/mol. The van der Waals surface area contributed by atoms with E-state index in [1.165, 1.54) is 18.7 Å². The molecule has 0 aliphatic rings. The van der Waals surface area contributed by atoms with Crippen LogP contribution in [0, 0.1) is 0 Å². The number of fused-ring (bicyclic) bond motifs is 1. The van der Waals surface area contributed by atoms with Crippen molar-refractivity contribution in [2.75, 3.05) is 16.4 Å². The number of thioether (sulfide) groups is 1. The maximum Gasteiger partial charge on any atom is 0.234 e. The van der Waals surface area contributed by atoms with Crippen molar-refractivity contribution in [2.45, 2.75) is 18.6 Å². The summed E-state index contributed by atoms with van der Waals surface area (Å²) in [6.07, 6.45) is 1.81. The molecule has 6 nitrogen and oxygen atoms in total. The molecule has 2 aromatic carbocycles. The summed E-state index contributed by atoms with van der Waals surface area (Å²) in [5, 5.41) is 6.31. The molecule has 2 N–H and O–H groups in total. The Kier molecular flexibility index (Phi) is 5.93. The molecule has 1 heterocycles. The standard InChI is InChI=1S/C20H20N4O2S/c1-3-11-24-18-10-5-4-9-17(18)23-20(24)27-13-19(26)22-16-8-6-7-15(12-16)21-14(2)25/h3-10,12H,1,11,13H2,2H3,(H,21,25)(H,22,26). The van der Waals surface area contributed by atoms with Gasteiger partial charge in [-0.15, -0.1) is 6.58 Å². The molecule has 0 aliphatic carbocycles. The van der Waals surface area contributed by atoms with Crippen molar-refractivity contribution in [3.63, 3.8) is 0 Å². The molecule has 0 aliphatic heterocycles.